The first-order valence-electron chi connectivity index (χ1n) is 7.91. The highest BCUT2D eigenvalue weighted by Crippen LogP contribution is 2.34. The Kier molecular flexibility index (Phi) is 10.6. The monoisotopic (exact) mass is 333 g/mol. The van der Waals surface area contributed by atoms with Gasteiger partial charge in [0.05, 0.1) is 10.8 Å². The third-order valence-corrected chi connectivity index (χ3v) is 4.45. The van der Waals surface area contributed by atoms with Crippen LogP contribution in [-0.2, 0) is 0 Å². The first-order valence-corrected chi connectivity index (χ1v) is 8.73. The minimum Gasteiger partial charge on any atom is -0.259 e. The number of fused-ring (bicyclic) bond motifs is 1. The quantitative estimate of drug-likeness (QED) is 0.352. The lowest BCUT2D eigenvalue weighted by atomic mass is 10.1. The van der Waals surface area contributed by atoms with E-state index < -0.39 is 0 Å². The van der Waals surface area contributed by atoms with Gasteiger partial charge in [-0.05, 0) is 51.3 Å². The maximum atomic E-state index is 10.9. The highest BCUT2D eigenvalue weighted by atomic mass is 32.1. The summed E-state index contributed by atoms with van der Waals surface area (Å²) in [5, 5.41) is 12.1. The predicted octanol–water partition coefficient (Wildman–Crippen LogP) is 6.79. The van der Waals surface area contributed by atoms with Crippen LogP contribution in [-0.4, -0.2) is 4.92 Å². The average molecular weight is 333 g/mol. The van der Waals surface area contributed by atoms with Gasteiger partial charge in [0.2, 0.25) is 5.70 Å². The summed E-state index contributed by atoms with van der Waals surface area (Å²) in [6.07, 6.45) is 5.58. The van der Waals surface area contributed by atoms with E-state index in [4.69, 9.17) is 0 Å². The minimum atomic E-state index is -0.297. The number of hydrogen-bond acceptors (Lipinski definition) is 3. The fourth-order valence-corrected chi connectivity index (χ4v) is 3.00. The van der Waals surface area contributed by atoms with Crippen molar-refractivity contribution < 1.29 is 4.92 Å². The van der Waals surface area contributed by atoms with E-state index in [-0.39, 0.29) is 16.5 Å². The van der Waals surface area contributed by atoms with Crippen LogP contribution in [0.1, 0.15) is 52.3 Å². The van der Waals surface area contributed by atoms with E-state index in [1.54, 1.807) is 24.3 Å². The Bertz CT molecular complexity index is 619. The number of benzene rings is 1. The largest absolute Gasteiger partial charge is 0.259 e. The molecule has 23 heavy (non-hydrogen) atoms. The lowest BCUT2D eigenvalue weighted by Gasteiger charge is -2.05. The summed E-state index contributed by atoms with van der Waals surface area (Å²) in [6, 6.07) is 10.1. The summed E-state index contributed by atoms with van der Waals surface area (Å²) in [4.78, 5) is 11.6. The maximum absolute atomic E-state index is 10.9. The van der Waals surface area contributed by atoms with Crippen molar-refractivity contribution in [2.75, 3.05) is 0 Å². The molecule has 0 bridgehead atoms. The summed E-state index contributed by atoms with van der Waals surface area (Å²) < 4.78 is 1.17. The Morgan fingerprint density at radius 1 is 1.17 bits per heavy atom. The predicted molar refractivity (Wildman–Crippen MR) is 103 cm³/mol. The van der Waals surface area contributed by atoms with Gasteiger partial charge >= 0.3 is 0 Å². The van der Waals surface area contributed by atoms with Crippen molar-refractivity contribution in [3.63, 3.8) is 0 Å². The zero-order valence-electron chi connectivity index (χ0n) is 14.9. The fraction of sp³-hybridized carbons (Fsp3) is 0.368. The van der Waals surface area contributed by atoms with Crippen molar-refractivity contribution >= 4 is 21.4 Å². The SMILES string of the molecule is C/C=C(\C(C)c1cc2ccccc2s1)[N+](=O)[O-].C/C=C\C.CC. The summed E-state index contributed by atoms with van der Waals surface area (Å²) in [7, 11) is 0. The molecule has 0 spiro atoms. The van der Waals surface area contributed by atoms with Gasteiger partial charge in [-0.1, -0.05) is 44.2 Å². The number of rotatable bonds is 3. The molecule has 0 saturated carbocycles. The molecule has 0 N–H and O–H groups in total. The van der Waals surface area contributed by atoms with Crippen LogP contribution in [0.15, 0.2) is 54.3 Å². The summed E-state index contributed by atoms with van der Waals surface area (Å²) >= 11 is 1.62. The summed E-state index contributed by atoms with van der Waals surface area (Å²) in [6.45, 7) is 11.6. The number of nitro groups is 1. The third-order valence-electron chi connectivity index (χ3n) is 3.15. The van der Waals surface area contributed by atoms with Crippen molar-refractivity contribution in [1.82, 2.24) is 0 Å². The smallest absolute Gasteiger partial charge is 0.249 e. The Labute approximate surface area is 143 Å². The molecule has 1 aromatic heterocycles. The molecule has 0 aliphatic carbocycles. The Morgan fingerprint density at radius 2 is 1.74 bits per heavy atom. The first kappa shape index (κ1) is 21.1. The molecule has 4 heteroatoms. The molecule has 0 fully saturated rings. The van der Waals surface area contributed by atoms with Gasteiger partial charge in [0.1, 0.15) is 0 Å². The van der Waals surface area contributed by atoms with Gasteiger partial charge in [0.15, 0.2) is 0 Å². The number of hydrogen-bond donors (Lipinski definition) is 0. The van der Waals surface area contributed by atoms with E-state index in [0.29, 0.717) is 0 Å². The molecule has 126 valence electrons. The van der Waals surface area contributed by atoms with Gasteiger partial charge in [0.25, 0.3) is 0 Å². The van der Waals surface area contributed by atoms with Crippen LogP contribution >= 0.6 is 11.3 Å². The number of thiophene rings is 1. The molecule has 3 nitrogen and oxygen atoms in total. The van der Waals surface area contributed by atoms with E-state index in [0.717, 1.165) is 10.3 Å². The molecule has 2 rings (SSSR count). The van der Waals surface area contributed by atoms with Gasteiger partial charge in [-0.15, -0.1) is 11.3 Å². The second kappa shape index (κ2) is 11.6. The zero-order chi connectivity index (χ0) is 17.8. The van der Waals surface area contributed by atoms with E-state index >= 15 is 0 Å². The van der Waals surface area contributed by atoms with Crippen LogP contribution in [0.5, 0.6) is 0 Å². The fourth-order valence-electron chi connectivity index (χ4n) is 1.88. The van der Waals surface area contributed by atoms with Crippen molar-refractivity contribution in [2.24, 2.45) is 0 Å². The Morgan fingerprint density at radius 3 is 2.17 bits per heavy atom. The van der Waals surface area contributed by atoms with Crippen molar-refractivity contribution in [3.05, 3.63) is 69.2 Å². The molecule has 0 aliphatic rings. The van der Waals surface area contributed by atoms with Crippen LogP contribution < -0.4 is 0 Å². The van der Waals surface area contributed by atoms with Crippen molar-refractivity contribution in [3.8, 4) is 0 Å². The molecule has 1 heterocycles. The Hall–Kier alpha value is -1.94. The molecule has 2 aromatic rings. The highest BCUT2D eigenvalue weighted by molar-refractivity contribution is 7.19. The van der Waals surface area contributed by atoms with E-state index in [9.17, 15) is 10.1 Å². The lowest BCUT2D eigenvalue weighted by molar-refractivity contribution is -0.429. The van der Waals surface area contributed by atoms with Gasteiger partial charge in [-0.2, -0.15) is 0 Å². The molecule has 1 unspecified atom stereocenters. The average Bonchev–Trinajstić information content (AvgIpc) is 3.01. The van der Waals surface area contributed by atoms with Crippen molar-refractivity contribution in [2.45, 2.75) is 47.5 Å². The molecule has 1 atom stereocenters. The number of nitrogens with zero attached hydrogens (tertiary/aromatic N) is 1. The van der Waals surface area contributed by atoms with Crippen LogP contribution in [0.25, 0.3) is 10.1 Å². The third kappa shape index (κ3) is 6.37. The van der Waals surface area contributed by atoms with E-state index in [1.807, 2.05) is 77.1 Å². The maximum Gasteiger partial charge on any atom is 0.249 e. The molecule has 1 aromatic carbocycles. The second-order valence-electron chi connectivity index (χ2n) is 4.55. The van der Waals surface area contributed by atoms with E-state index in [2.05, 4.69) is 0 Å². The summed E-state index contributed by atoms with van der Waals surface area (Å²) in [5.74, 6) is -0.160. The van der Waals surface area contributed by atoms with Gasteiger partial charge in [-0.25, -0.2) is 0 Å². The standard InChI is InChI=1S/C13H13NO2S.C4H8.C2H6/c1-3-11(14(15)16)9(2)13-8-10-6-4-5-7-12(10)17-13;1-3-4-2;1-2/h3-9H,1-2H3;3-4H,1-2H3;1-2H3/b11-3+;4-3-;. The van der Waals surface area contributed by atoms with Gasteiger partial charge < -0.3 is 0 Å². The van der Waals surface area contributed by atoms with Crippen LogP contribution in [0.2, 0.25) is 0 Å². The molecule has 0 saturated heterocycles. The minimum absolute atomic E-state index is 0.160. The molecule has 0 aliphatic heterocycles. The van der Waals surface area contributed by atoms with Crippen LogP contribution in [0.3, 0.4) is 0 Å². The van der Waals surface area contributed by atoms with Gasteiger partial charge in [-0.3, -0.25) is 10.1 Å². The molecule has 0 amide bonds. The lowest BCUT2D eigenvalue weighted by Crippen LogP contribution is -2.05. The van der Waals surface area contributed by atoms with Crippen molar-refractivity contribution in [1.29, 1.82) is 0 Å². The Balaban J connectivity index is 0.000000705. The zero-order valence-corrected chi connectivity index (χ0v) is 15.7. The van der Waals surface area contributed by atoms with Crippen LogP contribution in [0.4, 0.5) is 0 Å². The topological polar surface area (TPSA) is 43.1 Å². The molecular weight excluding hydrogens is 306 g/mol. The first-order chi connectivity index (χ1) is 11.0. The van der Waals surface area contributed by atoms with Crippen LogP contribution in [0, 0.1) is 10.1 Å². The number of allylic oxidation sites excluding steroid dienone is 4. The molecule has 0 radical (unpaired) electrons. The van der Waals surface area contributed by atoms with E-state index in [1.165, 1.54) is 4.70 Å². The summed E-state index contributed by atoms with van der Waals surface area (Å²) in [5.41, 5.74) is 0.261. The molecular formula is C19H27NO2S. The highest BCUT2D eigenvalue weighted by Gasteiger charge is 2.22. The second-order valence-corrected chi connectivity index (χ2v) is 5.66. The normalized spacial score (nSPS) is 12.2. The van der Waals surface area contributed by atoms with Gasteiger partial charge in [0, 0.05) is 9.58 Å².